The van der Waals surface area contributed by atoms with Crippen molar-refractivity contribution in [1.29, 1.82) is 0 Å². The summed E-state index contributed by atoms with van der Waals surface area (Å²) in [6.07, 6.45) is 20.0. The summed E-state index contributed by atoms with van der Waals surface area (Å²) in [6, 6.07) is 59.9. The number of benzene rings is 8. The average Bonchev–Trinajstić information content (AvgIpc) is 1.63. The molecule has 0 spiro atoms. The number of hydrogen-bond acceptors (Lipinski definition) is 14. The Balaban J connectivity index is 0.000000219. The van der Waals surface area contributed by atoms with E-state index in [2.05, 4.69) is 94.8 Å². The average molecular weight is 1270 g/mol. The maximum Gasteiger partial charge on any atom is 0.269 e. The number of nitrogen functional groups attached to an aromatic ring is 1. The van der Waals surface area contributed by atoms with Gasteiger partial charge in [-0.1, -0.05) is 153 Å². The molecule has 0 saturated carbocycles. The van der Waals surface area contributed by atoms with E-state index < -0.39 is 16.0 Å². The molecule has 494 valence electrons. The normalized spacial score (nSPS) is 15.0. The summed E-state index contributed by atoms with van der Waals surface area (Å²) in [6.45, 7) is 16.1. The molecule has 0 aromatic heterocycles. The maximum atomic E-state index is 10.5. The highest BCUT2D eigenvalue weighted by Gasteiger charge is 2.46. The molecule has 0 saturated heterocycles. The first-order valence-corrected chi connectivity index (χ1v) is 30.5. The number of nitro benzene ring substituents is 1. The van der Waals surface area contributed by atoms with Crippen LogP contribution in [0.2, 0.25) is 0 Å². The minimum Gasteiger partial charge on any atom is -0.508 e. The summed E-state index contributed by atoms with van der Waals surface area (Å²) >= 11 is 0. The number of ether oxygens (including phenoxy) is 1. The summed E-state index contributed by atoms with van der Waals surface area (Å²) in [4.78, 5) is 14.2. The molecule has 8 aromatic carbocycles. The number of phenols is 3. The first kappa shape index (κ1) is 74.7. The van der Waals surface area contributed by atoms with E-state index in [1.54, 1.807) is 60.7 Å². The number of aliphatic hydroxyl groups excluding tert-OH is 1. The zero-order valence-corrected chi connectivity index (χ0v) is 55.4. The lowest BCUT2D eigenvalue weighted by Crippen LogP contribution is -2.48. The lowest BCUT2D eigenvalue weighted by atomic mass is 9.97. The highest BCUT2D eigenvalue weighted by molar-refractivity contribution is 5.73. The molecule has 0 radical (unpaired) electrons. The van der Waals surface area contributed by atoms with Crippen LogP contribution >= 0.6 is 0 Å². The third-order valence-electron chi connectivity index (χ3n) is 15.6. The number of rotatable bonds is 15. The van der Waals surface area contributed by atoms with Gasteiger partial charge in [0.05, 0.1) is 33.7 Å². The highest BCUT2D eigenvalue weighted by Crippen LogP contribution is 2.39. The summed E-state index contributed by atoms with van der Waals surface area (Å²) in [5, 5.41) is 69.8. The molecule has 0 atom stereocenters. The van der Waals surface area contributed by atoms with Crippen molar-refractivity contribution in [1.82, 2.24) is 10.1 Å². The lowest BCUT2D eigenvalue weighted by molar-refractivity contribution is -0.384. The predicted octanol–water partition coefficient (Wildman–Crippen LogP) is 17.5. The molecule has 0 fully saturated rings. The smallest absolute Gasteiger partial charge is 0.269 e. The monoisotopic (exact) mass is 1270 g/mol. The van der Waals surface area contributed by atoms with Crippen LogP contribution in [-0.4, -0.2) is 109 Å². The van der Waals surface area contributed by atoms with Crippen LogP contribution in [-0.2, 0) is 0 Å². The van der Waals surface area contributed by atoms with E-state index in [9.17, 15) is 25.6 Å². The van der Waals surface area contributed by atoms with E-state index in [0.29, 0.717) is 12.4 Å². The quantitative estimate of drug-likeness (QED) is 0.0167. The van der Waals surface area contributed by atoms with Crippen LogP contribution in [0.4, 0.5) is 22.7 Å². The van der Waals surface area contributed by atoms with Crippen molar-refractivity contribution in [2.75, 3.05) is 56.9 Å². The fourth-order valence-electron chi connectivity index (χ4n) is 9.94. The van der Waals surface area contributed by atoms with Gasteiger partial charge in [-0.15, -0.1) is 0 Å². The summed E-state index contributed by atoms with van der Waals surface area (Å²) in [5.41, 5.74) is 17.6. The maximum absolute atomic E-state index is 10.5. The molecule has 2 heterocycles. The predicted molar refractivity (Wildman–Crippen MR) is 391 cm³/mol. The van der Waals surface area contributed by atoms with Gasteiger partial charge in [0.15, 0.2) is 0 Å². The summed E-state index contributed by atoms with van der Waals surface area (Å²) < 4.78 is 5.99. The van der Waals surface area contributed by atoms with Crippen molar-refractivity contribution in [2.24, 2.45) is 0 Å². The Hall–Kier alpha value is -10.0. The minimum atomic E-state index is -0.446. The van der Waals surface area contributed by atoms with Crippen LogP contribution in [0.3, 0.4) is 0 Å². The lowest BCUT2D eigenvalue weighted by Gasteiger charge is -2.36. The standard InChI is InChI=1S/C25H32N2O2.C16H17NO.C14H11NO3.C14H13NO.C9H17NO2.CH4/c1-24(2)17-21(25(3,4)27(24)28)18-29-23-15-11-20(12-16-23)8-7-19-9-13-22(14-10-19)26(5)6;1-17(2)15-9-5-13(6-10-15)3-4-14-7-11-16(18)12-8-14;16-14-9-5-12(6-10-14)2-1-11-3-7-13(8-4-11)15(17)18;15-13-7-3-11(4-8-13)1-2-12-5-9-14(16)10-6-12;1-8(2)5-7(6-11)9(3,4)10(8)12;/h7-17,28H,18H2,1-6H3;3-12,18H,1-2H3;1-10,16H;1-10,16H,15H2;5,11-12H,6H2,1-4H3;1H4/b8-7+;4-3+;2*2-1+;;. The van der Waals surface area contributed by atoms with Crippen LogP contribution in [0.15, 0.2) is 217 Å². The largest absolute Gasteiger partial charge is 0.508 e. The molecule has 0 aliphatic carbocycles. The minimum absolute atomic E-state index is 0. The second-order valence-corrected chi connectivity index (χ2v) is 25.0. The van der Waals surface area contributed by atoms with E-state index in [0.717, 1.165) is 61.5 Å². The van der Waals surface area contributed by atoms with Crippen molar-refractivity contribution in [3.63, 3.8) is 0 Å². The van der Waals surface area contributed by atoms with Crippen molar-refractivity contribution < 1.29 is 40.5 Å². The molecule has 15 heteroatoms. The van der Waals surface area contributed by atoms with E-state index in [1.165, 1.54) is 39.2 Å². The number of nitro groups is 1. The number of aromatic hydroxyl groups is 3. The van der Waals surface area contributed by atoms with E-state index in [1.807, 2.05) is 181 Å². The Kier molecular flexibility index (Phi) is 27.1. The number of non-ortho nitro benzene ring substituents is 1. The van der Waals surface area contributed by atoms with Gasteiger partial charge in [0, 0.05) is 57.4 Å². The zero-order chi connectivity index (χ0) is 68.1. The number of aliphatic hydroxyl groups is 1. The molecular weight excluding hydrogens is 1180 g/mol. The molecule has 94 heavy (non-hydrogen) atoms. The molecule has 2 aliphatic rings. The second kappa shape index (κ2) is 34.1. The van der Waals surface area contributed by atoms with Gasteiger partial charge in [-0.25, -0.2) is 0 Å². The Morgan fingerprint density at radius 3 is 0.936 bits per heavy atom. The molecule has 2 aliphatic heterocycles. The topological polar surface area (TPSA) is 213 Å². The van der Waals surface area contributed by atoms with Gasteiger partial charge in [0.1, 0.15) is 29.6 Å². The third-order valence-corrected chi connectivity index (χ3v) is 15.6. The third kappa shape index (κ3) is 22.4. The van der Waals surface area contributed by atoms with E-state index >= 15 is 0 Å². The molecule has 0 unspecified atom stereocenters. The van der Waals surface area contributed by atoms with Gasteiger partial charge in [-0.05, 0) is 208 Å². The van der Waals surface area contributed by atoms with E-state index in [-0.39, 0.29) is 42.3 Å². The number of phenolic OH excluding ortho intramolecular Hbond substituents is 3. The Bertz CT molecular complexity index is 3780. The van der Waals surface area contributed by atoms with Gasteiger partial charge >= 0.3 is 0 Å². The van der Waals surface area contributed by atoms with Crippen LogP contribution in [0.25, 0.3) is 48.6 Å². The number of hydrogen-bond donors (Lipinski definition) is 7. The Morgan fingerprint density at radius 2 is 0.691 bits per heavy atom. The van der Waals surface area contributed by atoms with Gasteiger partial charge in [0.2, 0.25) is 0 Å². The van der Waals surface area contributed by atoms with Gasteiger partial charge in [-0.3, -0.25) is 10.1 Å². The number of hydroxylamine groups is 4. The SMILES string of the molecule is C.CC1(C)C=C(CO)C(C)(C)N1O.CN(C)c1ccc(/C=C/c2ccc(O)cc2)cc1.CN(C)c1ccc(/C=C/c2ccc(OCC3=CC(C)(C)N(O)C3(C)C)cc2)cc1.Nc1ccc(/C=C/c2ccc(O)cc2)cc1.O=[N+]([O-])c1ccc(/C=C/c2ccc(O)cc2)cc1. The Labute approximate surface area is 556 Å². The molecule has 8 aromatic rings. The van der Waals surface area contributed by atoms with Crippen molar-refractivity contribution >= 4 is 71.4 Å². The fraction of sp³-hybridized carbons (Fsp3) is 0.241. The van der Waals surface area contributed by atoms with Crippen molar-refractivity contribution in [3.8, 4) is 23.0 Å². The van der Waals surface area contributed by atoms with Crippen molar-refractivity contribution in [2.45, 2.75) is 85.0 Å². The number of nitrogens with zero attached hydrogens (tertiary/aromatic N) is 5. The molecule has 10 rings (SSSR count). The summed E-state index contributed by atoms with van der Waals surface area (Å²) in [5.74, 6) is 1.62. The Morgan fingerprint density at radius 1 is 0.436 bits per heavy atom. The van der Waals surface area contributed by atoms with Gasteiger partial charge < -0.3 is 51.1 Å². The van der Waals surface area contributed by atoms with Crippen LogP contribution in [0, 0.1) is 10.1 Å². The van der Waals surface area contributed by atoms with Crippen LogP contribution in [0.5, 0.6) is 23.0 Å². The highest BCUT2D eigenvalue weighted by atomic mass is 16.6. The van der Waals surface area contributed by atoms with Crippen LogP contribution < -0.4 is 20.3 Å². The fourth-order valence-corrected chi connectivity index (χ4v) is 9.94. The molecular formula is C79H94N6O9. The van der Waals surface area contributed by atoms with Crippen LogP contribution in [0.1, 0.15) is 107 Å². The zero-order valence-electron chi connectivity index (χ0n) is 55.4. The second-order valence-electron chi connectivity index (χ2n) is 25.0. The number of nitrogens with two attached hydrogens (primary N) is 1. The molecule has 15 nitrogen and oxygen atoms in total. The first-order chi connectivity index (χ1) is 43.9. The molecule has 0 amide bonds. The first-order valence-electron chi connectivity index (χ1n) is 30.5. The molecule has 0 bridgehead atoms. The summed E-state index contributed by atoms with van der Waals surface area (Å²) in [7, 11) is 8.14. The van der Waals surface area contributed by atoms with Gasteiger partial charge in [0.25, 0.3) is 5.69 Å². The number of anilines is 3. The molecule has 8 N–H and O–H groups in total. The van der Waals surface area contributed by atoms with E-state index in [4.69, 9.17) is 25.8 Å². The van der Waals surface area contributed by atoms with Crippen molar-refractivity contribution in [3.05, 3.63) is 272 Å². The van der Waals surface area contributed by atoms with Gasteiger partial charge in [-0.2, -0.15) is 10.1 Å².